The van der Waals surface area contributed by atoms with Gasteiger partial charge in [0.05, 0.1) is 17.1 Å². The summed E-state index contributed by atoms with van der Waals surface area (Å²) in [5.74, 6) is -0.295. The number of amides is 3. The van der Waals surface area contributed by atoms with E-state index in [0.29, 0.717) is 5.16 Å². The Morgan fingerprint density at radius 3 is 2.23 bits per heavy atom. The van der Waals surface area contributed by atoms with E-state index >= 15 is 0 Å². The van der Waals surface area contributed by atoms with Gasteiger partial charge in [-0.3, -0.25) is 10.1 Å². The molecule has 3 rings (SSSR count). The molecule has 0 spiro atoms. The summed E-state index contributed by atoms with van der Waals surface area (Å²) >= 11 is 1.25. The molecule has 1 aromatic heterocycles. The molecule has 2 aromatic carbocycles. The molecule has 0 aliphatic heterocycles. The van der Waals surface area contributed by atoms with Gasteiger partial charge in [0.15, 0.2) is 5.16 Å². The number of benzene rings is 2. The number of hydrogen-bond donors (Lipinski definition) is 3. The summed E-state index contributed by atoms with van der Waals surface area (Å²) in [6.45, 7) is 0. The lowest BCUT2D eigenvalue weighted by Crippen LogP contribution is -2.38. The van der Waals surface area contributed by atoms with Gasteiger partial charge in [-0.15, -0.1) is 0 Å². The van der Waals surface area contributed by atoms with Gasteiger partial charge < -0.3 is 10.3 Å². The van der Waals surface area contributed by atoms with Crippen molar-refractivity contribution in [3.8, 4) is 22.5 Å². The molecule has 132 valence electrons. The predicted octanol–water partition coefficient (Wildman–Crippen LogP) is 3.29. The van der Waals surface area contributed by atoms with Gasteiger partial charge in [-0.05, 0) is 0 Å². The van der Waals surface area contributed by atoms with E-state index in [4.69, 9.17) is 0 Å². The van der Waals surface area contributed by atoms with Crippen LogP contribution in [-0.4, -0.2) is 34.7 Å². The van der Waals surface area contributed by atoms with E-state index in [0.717, 1.165) is 22.5 Å². The van der Waals surface area contributed by atoms with Gasteiger partial charge in [0.2, 0.25) is 5.91 Å². The minimum absolute atomic E-state index is 0.0867. The van der Waals surface area contributed by atoms with Gasteiger partial charge in [-0.1, -0.05) is 72.4 Å². The third kappa shape index (κ3) is 4.31. The van der Waals surface area contributed by atoms with Gasteiger partial charge in [-0.2, -0.15) is 0 Å². The number of carbonyl (C=O) groups is 2. The molecule has 0 radical (unpaired) electrons. The first kappa shape index (κ1) is 17.8. The van der Waals surface area contributed by atoms with E-state index in [1.165, 1.54) is 18.8 Å². The van der Waals surface area contributed by atoms with E-state index in [1.54, 1.807) is 0 Å². The van der Waals surface area contributed by atoms with Crippen LogP contribution in [0, 0.1) is 0 Å². The molecule has 26 heavy (non-hydrogen) atoms. The van der Waals surface area contributed by atoms with Crippen molar-refractivity contribution in [3.05, 3.63) is 60.7 Å². The van der Waals surface area contributed by atoms with E-state index in [-0.39, 0.29) is 11.7 Å². The van der Waals surface area contributed by atoms with Crippen LogP contribution in [0.5, 0.6) is 0 Å². The van der Waals surface area contributed by atoms with Crippen molar-refractivity contribution in [1.29, 1.82) is 0 Å². The molecule has 0 bridgehead atoms. The topological polar surface area (TPSA) is 86.9 Å². The van der Waals surface area contributed by atoms with Crippen molar-refractivity contribution >= 4 is 23.7 Å². The first-order valence-corrected chi connectivity index (χ1v) is 9.01. The average molecular weight is 366 g/mol. The largest absolute Gasteiger partial charge is 0.341 e. The lowest BCUT2D eigenvalue weighted by molar-refractivity contribution is -0.117. The molecule has 0 saturated heterocycles. The van der Waals surface area contributed by atoms with E-state index in [2.05, 4.69) is 20.6 Å². The average Bonchev–Trinajstić information content (AvgIpc) is 3.12. The number of H-pyrrole nitrogens is 1. The molecule has 3 N–H and O–H groups in total. The highest BCUT2D eigenvalue weighted by Gasteiger charge is 2.15. The van der Waals surface area contributed by atoms with E-state index in [9.17, 15) is 9.59 Å². The zero-order chi connectivity index (χ0) is 18.4. The zero-order valence-corrected chi connectivity index (χ0v) is 15.0. The number of rotatable bonds is 5. The summed E-state index contributed by atoms with van der Waals surface area (Å²) in [6.07, 6.45) is 0. The second kappa shape index (κ2) is 8.35. The number of nitrogens with zero attached hydrogens (tertiary/aromatic N) is 1. The molecule has 3 amide bonds. The maximum atomic E-state index is 11.8. The van der Waals surface area contributed by atoms with Crippen molar-refractivity contribution in [1.82, 2.24) is 20.6 Å². The zero-order valence-electron chi connectivity index (χ0n) is 14.2. The predicted molar refractivity (Wildman–Crippen MR) is 103 cm³/mol. The Morgan fingerprint density at radius 1 is 1.00 bits per heavy atom. The smallest absolute Gasteiger partial charge is 0.321 e. The van der Waals surface area contributed by atoms with Crippen LogP contribution in [0.15, 0.2) is 65.8 Å². The fraction of sp³-hybridized carbons (Fsp3) is 0.105. The Balaban J connectivity index is 1.85. The minimum atomic E-state index is -0.523. The summed E-state index contributed by atoms with van der Waals surface area (Å²) in [7, 11) is 1.46. The van der Waals surface area contributed by atoms with Crippen molar-refractivity contribution < 1.29 is 9.59 Å². The molecular formula is C19H18N4O2S. The second-order valence-corrected chi connectivity index (χ2v) is 6.38. The molecule has 6 nitrogen and oxygen atoms in total. The number of carbonyl (C=O) groups excluding carboxylic acids is 2. The van der Waals surface area contributed by atoms with E-state index in [1.807, 2.05) is 60.7 Å². The lowest BCUT2D eigenvalue weighted by Gasteiger charge is -2.02. The Bertz CT molecular complexity index is 837. The monoisotopic (exact) mass is 366 g/mol. The van der Waals surface area contributed by atoms with Crippen LogP contribution in [0.4, 0.5) is 4.79 Å². The van der Waals surface area contributed by atoms with Crippen LogP contribution in [0.1, 0.15) is 0 Å². The maximum absolute atomic E-state index is 11.8. The molecule has 0 atom stereocenters. The van der Waals surface area contributed by atoms with Crippen LogP contribution in [0.3, 0.4) is 0 Å². The summed E-state index contributed by atoms with van der Waals surface area (Å²) < 4.78 is 0. The molecule has 0 saturated carbocycles. The number of hydrogen-bond acceptors (Lipinski definition) is 4. The maximum Gasteiger partial charge on any atom is 0.321 e. The number of aromatic nitrogens is 2. The van der Waals surface area contributed by atoms with Crippen molar-refractivity contribution in [2.75, 3.05) is 12.8 Å². The standard InChI is InChI=1S/C19H18N4O2S/c1-20-18(25)21-15(24)12-26-19-22-16(13-8-4-2-5-9-13)17(23-19)14-10-6-3-7-11-14/h2-11H,12H2,1H3,(H,22,23)(H2,20,21,24,25). The van der Waals surface area contributed by atoms with Gasteiger partial charge in [0.25, 0.3) is 0 Å². The van der Waals surface area contributed by atoms with Gasteiger partial charge in [0, 0.05) is 18.2 Å². The van der Waals surface area contributed by atoms with Crippen molar-refractivity contribution in [2.24, 2.45) is 0 Å². The molecule has 0 aliphatic carbocycles. The minimum Gasteiger partial charge on any atom is -0.341 e. The normalized spacial score (nSPS) is 10.3. The van der Waals surface area contributed by atoms with Crippen molar-refractivity contribution in [2.45, 2.75) is 5.16 Å². The third-order valence-electron chi connectivity index (χ3n) is 3.61. The Labute approximate surface area is 155 Å². The molecule has 7 heteroatoms. The van der Waals surface area contributed by atoms with E-state index < -0.39 is 6.03 Å². The third-order valence-corrected chi connectivity index (χ3v) is 4.49. The van der Waals surface area contributed by atoms with Crippen LogP contribution in [0.2, 0.25) is 0 Å². The number of thioether (sulfide) groups is 1. The highest BCUT2D eigenvalue weighted by Crippen LogP contribution is 2.32. The van der Waals surface area contributed by atoms with Gasteiger partial charge >= 0.3 is 6.03 Å². The first-order valence-electron chi connectivity index (χ1n) is 8.02. The summed E-state index contributed by atoms with van der Waals surface area (Å²) in [5.41, 5.74) is 3.72. The van der Waals surface area contributed by atoms with Crippen LogP contribution in [-0.2, 0) is 4.79 Å². The fourth-order valence-electron chi connectivity index (χ4n) is 2.40. The highest BCUT2D eigenvalue weighted by molar-refractivity contribution is 7.99. The van der Waals surface area contributed by atoms with Crippen molar-refractivity contribution in [3.63, 3.8) is 0 Å². The van der Waals surface area contributed by atoms with Gasteiger partial charge in [-0.25, -0.2) is 9.78 Å². The molecule has 0 fully saturated rings. The Kier molecular flexibility index (Phi) is 5.70. The summed E-state index contributed by atoms with van der Waals surface area (Å²) in [4.78, 5) is 30.9. The number of aromatic amines is 1. The van der Waals surface area contributed by atoms with Crippen LogP contribution < -0.4 is 10.6 Å². The fourth-order valence-corrected chi connectivity index (χ4v) is 3.07. The first-order chi connectivity index (χ1) is 12.7. The molecule has 1 heterocycles. The molecule has 0 aliphatic rings. The molecular weight excluding hydrogens is 348 g/mol. The SMILES string of the molecule is CNC(=O)NC(=O)CSc1nc(-c2ccccc2)c(-c2ccccc2)[nH]1. The lowest BCUT2D eigenvalue weighted by atomic mass is 10.1. The number of imide groups is 1. The summed E-state index contributed by atoms with van der Waals surface area (Å²) in [6, 6.07) is 19.3. The number of nitrogens with one attached hydrogen (secondary N) is 3. The Morgan fingerprint density at radius 2 is 1.62 bits per heavy atom. The van der Waals surface area contributed by atoms with Crippen LogP contribution in [0.25, 0.3) is 22.5 Å². The summed E-state index contributed by atoms with van der Waals surface area (Å²) in [5, 5.41) is 5.20. The quantitative estimate of drug-likeness (QED) is 0.605. The Hall–Kier alpha value is -3.06. The second-order valence-electron chi connectivity index (χ2n) is 5.41. The molecule has 0 unspecified atom stereocenters. The highest BCUT2D eigenvalue weighted by atomic mass is 32.2. The molecule has 3 aromatic rings. The van der Waals surface area contributed by atoms with Crippen LogP contribution >= 0.6 is 11.8 Å². The number of imidazole rings is 1. The number of urea groups is 1. The van der Waals surface area contributed by atoms with Gasteiger partial charge in [0.1, 0.15) is 0 Å².